The highest BCUT2D eigenvalue weighted by molar-refractivity contribution is 7.86. The summed E-state index contributed by atoms with van der Waals surface area (Å²) in [5.74, 6) is -5.48. The van der Waals surface area contributed by atoms with Gasteiger partial charge in [0, 0.05) is 11.4 Å². The SMILES string of the molecule is O=C(Nc1ccc(O)c(S(=O)(=O)O)c1)c1cc(O)cc(C(=O)Nc2ccc(O)c(S(=O)(=O)O)c2)c1O. The number of phenols is 4. The van der Waals surface area contributed by atoms with Gasteiger partial charge in [-0.15, -0.1) is 0 Å². The van der Waals surface area contributed by atoms with E-state index in [4.69, 9.17) is 9.11 Å². The summed E-state index contributed by atoms with van der Waals surface area (Å²) in [6.07, 6.45) is 0. The van der Waals surface area contributed by atoms with Crippen molar-refractivity contribution in [3.63, 3.8) is 0 Å². The van der Waals surface area contributed by atoms with Gasteiger partial charge in [-0.1, -0.05) is 0 Å². The van der Waals surface area contributed by atoms with Crippen LogP contribution >= 0.6 is 0 Å². The van der Waals surface area contributed by atoms with Crippen molar-refractivity contribution in [2.45, 2.75) is 9.79 Å². The average molecular weight is 540 g/mol. The minimum absolute atomic E-state index is 0.249. The van der Waals surface area contributed by atoms with Crippen LogP contribution in [0.2, 0.25) is 0 Å². The van der Waals surface area contributed by atoms with Crippen molar-refractivity contribution in [3.8, 4) is 23.0 Å². The van der Waals surface area contributed by atoms with Gasteiger partial charge in [-0.05, 0) is 48.5 Å². The normalized spacial score (nSPS) is 11.6. The molecule has 36 heavy (non-hydrogen) atoms. The van der Waals surface area contributed by atoms with Crippen LogP contribution in [-0.2, 0) is 20.2 Å². The summed E-state index contributed by atoms with van der Waals surface area (Å²) in [6, 6.07) is 6.84. The number of aromatic hydroxyl groups is 4. The molecule has 0 saturated heterocycles. The van der Waals surface area contributed by atoms with Crippen LogP contribution in [-0.4, -0.2) is 58.2 Å². The molecule has 0 aliphatic heterocycles. The topological polar surface area (TPSA) is 248 Å². The Morgan fingerprint density at radius 3 is 1.31 bits per heavy atom. The number of anilines is 2. The summed E-state index contributed by atoms with van der Waals surface area (Å²) in [7, 11) is -9.69. The monoisotopic (exact) mass is 540 g/mol. The summed E-state index contributed by atoms with van der Waals surface area (Å²) in [5.41, 5.74) is -1.79. The molecule has 3 aromatic rings. The molecular weight excluding hydrogens is 524 g/mol. The lowest BCUT2D eigenvalue weighted by Gasteiger charge is -2.13. The van der Waals surface area contributed by atoms with Crippen molar-refractivity contribution >= 4 is 43.4 Å². The van der Waals surface area contributed by atoms with Crippen molar-refractivity contribution in [1.29, 1.82) is 0 Å². The molecular formula is C20H16N2O12S2. The minimum atomic E-state index is -4.85. The van der Waals surface area contributed by atoms with Crippen LogP contribution in [0.5, 0.6) is 23.0 Å². The fourth-order valence-corrected chi connectivity index (χ4v) is 4.18. The lowest BCUT2D eigenvalue weighted by molar-refractivity contribution is 0.102. The Bertz CT molecular complexity index is 1500. The summed E-state index contributed by atoms with van der Waals surface area (Å²) in [5, 5.41) is 43.9. The molecule has 0 saturated carbocycles. The summed E-state index contributed by atoms with van der Waals surface area (Å²) >= 11 is 0. The minimum Gasteiger partial charge on any atom is -0.508 e. The number of amides is 2. The molecule has 0 bridgehead atoms. The van der Waals surface area contributed by atoms with E-state index in [1.54, 1.807) is 0 Å². The molecule has 0 unspecified atom stereocenters. The molecule has 8 N–H and O–H groups in total. The van der Waals surface area contributed by atoms with Gasteiger partial charge in [0.25, 0.3) is 32.1 Å². The van der Waals surface area contributed by atoms with Crippen molar-refractivity contribution in [1.82, 2.24) is 0 Å². The molecule has 0 heterocycles. The van der Waals surface area contributed by atoms with Gasteiger partial charge < -0.3 is 31.1 Å². The highest BCUT2D eigenvalue weighted by Gasteiger charge is 2.23. The van der Waals surface area contributed by atoms with Gasteiger partial charge in [0.05, 0.1) is 11.1 Å². The molecule has 0 fully saturated rings. The van der Waals surface area contributed by atoms with Crippen molar-refractivity contribution < 1.29 is 56.0 Å². The quantitative estimate of drug-likeness (QED) is 0.164. The third-order valence-corrected chi connectivity index (χ3v) is 6.34. The second-order valence-corrected chi connectivity index (χ2v) is 9.89. The van der Waals surface area contributed by atoms with Gasteiger partial charge in [-0.3, -0.25) is 18.7 Å². The van der Waals surface area contributed by atoms with E-state index >= 15 is 0 Å². The molecule has 0 aliphatic rings. The maximum absolute atomic E-state index is 12.6. The second-order valence-electron chi connectivity index (χ2n) is 7.11. The molecule has 3 rings (SSSR count). The predicted octanol–water partition coefficient (Wildman–Crippen LogP) is 1.51. The molecule has 0 aliphatic carbocycles. The summed E-state index contributed by atoms with van der Waals surface area (Å²) in [6.45, 7) is 0. The molecule has 2 amide bonds. The maximum Gasteiger partial charge on any atom is 0.298 e. The van der Waals surface area contributed by atoms with Gasteiger partial charge in [-0.25, -0.2) is 0 Å². The maximum atomic E-state index is 12.6. The number of phenolic OH excluding ortho intramolecular Hbond substituents is 4. The van der Waals surface area contributed by atoms with Crippen LogP contribution < -0.4 is 10.6 Å². The van der Waals surface area contributed by atoms with Crippen molar-refractivity contribution in [3.05, 3.63) is 59.7 Å². The number of hydrogen-bond donors (Lipinski definition) is 8. The molecule has 3 aromatic carbocycles. The van der Waals surface area contributed by atoms with Crippen LogP contribution in [0.15, 0.2) is 58.3 Å². The van der Waals surface area contributed by atoms with Gasteiger partial charge in [0.15, 0.2) is 0 Å². The van der Waals surface area contributed by atoms with Crippen LogP contribution in [0, 0.1) is 0 Å². The summed E-state index contributed by atoms with van der Waals surface area (Å²) < 4.78 is 63.6. The third-order valence-electron chi connectivity index (χ3n) is 4.58. The van der Waals surface area contributed by atoms with E-state index in [0.29, 0.717) is 12.1 Å². The first kappa shape index (κ1) is 26.2. The number of carbonyl (C=O) groups is 2. The van der Waals surface area contributed by atoms with Gasteiger partial charge >= 0.3 is 0 Å². The number of rotatable bonds is 6. The zero-order valence-corrected chi connectivity index (χ0v) is 19.2. The van der Waals surface area contributed by atoms with E-state index in [2.05, 4.69) is 10.6 Å². The molecule has 0 radical (unpaired) electrons. The van der Waals surface area contributed by atoms with Gasteiger partial charge in [0.2, 0.25) is 0 Å². The van der Waals surface area contributed by atoms with Crippen molar-refractivity contribution in [2.75, 3.05) is 10.6 Å². The first-order chi connectivity index (χ1) is 16.6. The first-order valence-corrected chi connectivity index (χ1v) is 12.3. The van der Waals surface area contributed by atoms with Gasteiger partial charge in [-0.2, -0.15) is 16.8 Å². The number of benzene rings is 3. The Balaban J connectivity index is 1.93. The Labute approximate surface area is 202 Å². The molecule has 190 valence electrons. The van der Waals surface area contributed by atoms with E-state index in [1.165, 1.54) is 0 Å². The molecule has 0 atom stereocenters. The standard InChI is InChI=1S/C20H16N2O12S2/c23-11-7-12(19(27)21-9-1-3-14(24)16(5-9)35(29,30)31)18(26)13(8-11)20(28)22-10-2-4-15(25)17(6-10)36(32,33)34/h1-8,23-26H,(H,21,27)(H,22,28)(H,29,30,31)(H,32,33,34). The molecule has 0 aromatic heterocycles. The van der Waals surface area contributed by atoms with Crippen LogP contribution in [0.3, 0.4) is 0 Å². The van der Waals surface area contributed by atoms with E-state index in [-0.39, 0.29) is 11.4 Å². The van der Waals surface area contributed by atoms with E-state index in [1.807, 2.05) is 0 Å². The van der Waals surface area contributed by atoms with E-state index in [9.17, 15) is 46.9 Å². The summed E-state index contributed by atoms with van der Waals surface area (Å²) in [4.78, 5) is 23.5. The highest BCUT2D eigenvalue weighted by atomic mass is 32.2. The Morgan fingerprint density at radius 2 is 0.972 bits per heavy atom. The number of hydrogen-bond acceptors (Lipinski definition) is 10. The Kier molecular flexibility index (Phi) is 6.81. The largest absolute Gasteiger partial charge is 0.508 e. The number of carbonyl (C=O) groups excluding carboxylic acids is 2. The number of nitrogens with one attached hydrogen (secondary N) is 2. The van der Waals surface area contributed by atoms with E-state index in [0.717, 1.165) is 36.4 Å². The zero-order valence-electron chi connectivity index (χ0n) is 17.6. The van der Waals surface area contributed by atoms with Crippen LogP contribution in [0.4, 0.5) is 11.4 Å². The Hall–Kier alpha value is -4.38. The molecule has 16 heteroatoms. The lowest BCUT2D eigenvalue weighted by Crippen LogP contribution is -2.17. The average Bonchev–Trinajstić information content (AvgIpc) is 2.76. The lowest BCUT2D eigenvalue weighted by atomic mass is 10.1. The van der Waals surface area contributed by atoms with Crippen LogP contribution in [0.1, 0.15) is 20.7 Å². The second kappa shape index (κ2) is 9.34. The first-order valence-electron chi connectivity index (χ1n) is 9.37. The fraction of sp³-hybridized carbons (Fsp3) is 0. The fourth-order valence-electron chi connectivity index (χ4n) is 2.96. The molecule has 14 nitrogen and oxygen atoms in total. The van der Waals surface area contributed by atoms with Gasteiger partial charge in [0.1, 0.15) is 32.8 Å². The third kappa shape index (κ3) is 5.63. The Morgan fingerprint density at radius 1 is 0.611 bits per heavy atom. The van der Waals surface area contributed by atoms with E-state index < -0.39 is 76.0 Å². The zero-order chi connectivity index (χ0) is 27.0. The smallest absolute Gasteiger partial charge is 0.298 e. The predicted molar refractivity (Wildman–Crippen MR) is 122 cm³/mol. The van der Waals surface area contributed by atoms with Crippen molar-refractivity contribution in [2.24, 2.45) is 0 Å². The van der Waals surface area contributed by atoms with Crippen LogP contribution in [0.25, 0.3) is 0 Å². The molecule has 0 spiro atoms. The highest BCUT2D eigenvalue weighted by Crippen LogP contribution is 2.32.